The highest BCUT2D eigenvalue weighted by Gasteiger charge is 2.13. The lowest BCUT2D eigenvalue weighted by atomic mass is 10.0. The molecule has 0 amide bonds. The first kappa shape index (κ1) is 25.4. The summed E-state index contributed by atoms with van der Waals surface area (Å²) in [6.45, 7) is 0. The molecule has 0 unspecified atom stereocenters. The second-order valence-corrected chi connectivity index (χ2v) is 10.7. The van der Waals surface area contributed by atoms with Gasteiger partial charge in [0.15, 0.2) is 0 Å². The van der Waals surface area contributed by atoms with E-state index in [1.807, 2.05) is 36.4 Å². The van der Waals surface area contributed by atoms with Crippen molar-refractivity contribution >= 4 is 58.0 Å². The molecule has 5 nitrogen and oxygen atoms in total. The SMILES string of the molecule is O=C([O-])CCSC(SCCC(=O)[O-])c1cccc(CCCc2ccc3ccc(Cl)cc3n2)c1. The lowest BCUT2D eigenvalue weighted by Crippen LogP contribution is -2.23. The number of carboxylic acids is 2. The van der Waals surface area contributed by atoms with E-state index in [4.69, 9.17) is 16.6 Å². The molecule has 3 rings (SSSR count). The van der Waals surface area contributed by atoms with Gasteiger partial charge in [0.05, 0.1) is 10.1 Å². The molecule has 0 spiro atoms. The topological polar surface area (TPSA) is 93.1 Å². The maximum absolute atomic E-state index is 10.8. The summed E-state index contributed by atoms with van der Waals surface area (Å²) in [5.41, 5.74) is 4.15. The van der Waals surface area contributed by atoms with E-state index < -0.39 is 11.9 Å². The highest BCUT2D eigenvalue weighted by Crippen LogP contribution is 2.40. The number of hydrogen-bond acceptors (Lipinski definition) is 7. The van der Waals surface area contributed by atoms with Crippen LogP contribution < -0.4 is 10.2 Å². The first-order chi connectivity index (χ1) is 15.9. The highest BCUT2D eigenvalue weighted by molar-refractivity contribution is 8.16. The standard InChI is InChI=1S/C25H26ClNO4S2/c26-20-9-7-18-8-10-21(27-22(18)16-20)6-2-4-17-3-1-5-19(15-17)25(32-13-11-23(28)29)33-14-12-24(30)31/h1,3,5,7-10,15-16,25H,2,4,6,11-14H2,(H,28,29)(H,30,31)/p-2. The van der Waals surface area contributed by atoms with E-state index in [-0.39, 0.29) is 17.4 Å². The number of aromatic nitrogens is 1. The van der Waals surface area contributed by atoms with Crippen LogP contribution in [0.15, 0.2) is 54.6 Å². The summed E-state index contributed by atoms with van der Waals surface area (Å²) in [7, 11) is 0. The third kappa shape index (κ3) is 8.57. The predicted molar refractivity (Wildman–Crippen MR) is 132 cm³/mol. The van der Waals surface area contributed by atoms with Gasteiger partial charge in [-0.05, 0) is 72.9 Å². The van der Waals surface area contributed by atoms with Crippen molar-refractivity contribution in [2.75, 3.05) is 11.5 Å². The lowest BCUT2D eigenvalue weighted by Gasteiger charge is -2.18. The maximum Gasteiger partial charge on any atom is 0.0751 e. The van der Waals surface area contributed by atoms with Crippen molar-refractivity contribution < 1.29 is 19.8 Å². The Hall–Kier alpha value is -2.22. The molecule has 8 heteroatoms. The molecule has 0 fully saturated rings. The number of hydrogen-bond donors (Lipinski definition) is 0. The summed E-state index contributed by atoms with van der Waals surface area (Å²) in [5, 5.41) is 23.3. The quantitative estimate of drug-likeness (QED) is 0.329. The molecular weight excluding hydrogens is 478 g/mol. The molecule has 0 aliphatic carbocycles. The van der Waals surface area contributed by atoms with E-state index in [0.717, 1.165) is 41.4 Å². The number of benzene rings is 2. The molecule has 2 aromatic carbocycles. The second-order valence-electron chi connectivity index (χ2n) is 7.56. The molecule has 3 aromatic rings. The van der Waals surface area contributed by atoms with Gasteiger partial charge in [0.2, 0.25) is 0 Å². The molecule has 0 aliphatic heterocycles. The fraction of sp³-hybridized carbons (Fsp3) is 0.320. The Kier molecular flexibility index (Phi) is 9.91. The minimum atomic E-state index is -1.08. The van der Waals surface area contributed by atoms with Gasteiger partial charge in [0.25, 0.3) is 0 Å². The summed E-state index contributed by atoms with van der Waals surface area (Å²) in [4.78, 5) is 26.3. The van der Waals surface area contributed by atoms with Gasteiger partial charge in [0.1, 0.15) is 0 Å². The summed E-state index contributed by atoms with van der Waals surface area (Å²) in [6.07, 6.45) is 2.58. The molecule has 0 aliphatic rings. The molecule has 0 saturated carbocycles. The van der Waals surface area contributed by atoms with Gasteiger partial charge in [-0.25, -0.2) is 0 Å². The van der Waals surface area contributed by atoms with Crippen LogP contribution in [0.1, 0.15) is 40.7 Å². The van der Waals surface area contributed by atoms with Crippen LogP contribution in [0.3, 0.4) is 0 Å². The van der Waals surface area contributed by atoms with Gasteiger partial charge in [-0.15, -0.1) is 23.5 Å². The van der Waals surface area contributed by atoms with Crippen LogP contribution in [-0.2, 0) is 22.4 Å². The Morgan fingerprint density at radius 2 is 1.61 bits per heavy atom. The van der Waals surface area contributed by atoms with E-state index in [9.17, 15) is 19.8 Å². The van der Waals surface area contributed by atoms with Gasteiger partial charge in [-0.1, -0.05) is 48.0 Å². The van der Waals surface area contributed by atoms with Crippen LogP contribution in [-0.4, -0.2) is 28.4 Å². The number of aryl methyl sites for hydroxylation is 2. The number of rotatable bonds is 13. The summed E-state index contributed by atoms with van der Waals surface area (Å²) in [5.74, 6) is -1.35. The van der Waals surface area contributed by atoms with Gasteiger partial charge in [-0.3, -0.25) is 4.98 Å². The van der Waals surface area contributed by atoms with Crippen molar-refractivity contribution in [2.24, 2.45) is 0 Å². The van der Waals surface area contributed by atoms with Crippen molar-refractivity contribution in [3.63, 3.8) is 0 Å². The van der Waals surface area contributed by atoms with Crippen LogP contribution in [0.5, 0.6) is 0 Å². The Labute approximate surface area is 207 Å². The molecule has 33 heavy (non-hydrogen) atoms. The van der Waals surface area contributed by atoms with Crippen LogP contribution in [0.2, 0.25) is 5.02 Å². The van der Waals surface area contributed by atoms with Crippen LogP contribution in [0, 0.1) is 0 Å². The number of aliphatic carboxylic acids is 2. The fourth-order valence-corrected chi connectivity index (χ4v) is 6.18. The predicted octanol–water partition coefficient (Wildman–Crippen LogP) is 3.81. The Morgan fingerprint density at radius 3 is 2.30 bits per heavy atom. The zero-order valence-electron chi connectivity index (χ0n) is 18.0. The highest BCUT2D eigenvalue weighted by atomic mass is 35.5. The molecule has 0 N–H and O–H groups in total. The number of pyridine rings is 1. The third-order valence-corrected chi connectivity index (χ3v) is 8.07. The maximum atomic E-state index is 10.8. The number of fused-ring (bicyclic) bond motifs is 1. The van der Waals surface area contributed by atoms with Crippen LogP contribution in [0.4, 0.5) is 0 Å². The largest absolute Gasteiger partial charge is 0.550 e. The van der Waals surface area contributed by atoms with Gasteiger partial charge in [-0.2, -0.15) is 0 Å². The number of thioether (sulfide) groups is 2. The van der Waals surface area contributed by atoms with Crippen molar-refractivity contribution in [1.29, 1.82) is 0 Å². The average Bonchev–Trinajstić information content (AvgIpc) is 2.77. The van der Waals surface area contributed by atoms with Crippen LogP contribution in [0.25, 0.3) is 10.9 Å². The van der Waals surface area contributed by atoms with Crippen molar-refractivity contribution in [2.45, 2.75) is 36.7 Å². The average molecular weight is 502 g/mol. The molecule has 0 bridgehead atoms. The van der Waals surface area contributed by atoms with Gasteiger partial charge < -0.3 is 19.8 Å². The number of carbonyl (C=O) groups excluding carboxylic acids is 2. The molecule has 1 aromatic heterocycles. The zero-order chi connectivity index (χ0) is 23.6. The van der Waals surface area contributed by atoms with E-state index in [2.05, 4.69) is 18.2 Å². The lowest BCUT2D eigenvalue weighted by molar-refractivity contribution is -0.306. The monoisotopic (exact) mass is 501 g/mol. The Balaban J connectivity index is 1.61. The van der Waals surface area contributed by atoms with E-state index in [1.54, 1.807) is 0 Å². The Bertz CT molecular complexity index is 1090. The zero-order valence-corrected chi connectivity index (χ0v) is 20.4. The van der Waals surface area contributed by atoms with E-state index >= 15 is 0 Å². The van der Waals surface area contributed by atoms with Gasteiger partial charge >= 0.3 is 0 Å². The number of nitrogens with zero attached hydrogens (tertiary/aromatic N) is 1. The Morgan fingerprint density at radius 1 is 0.909 bits per heavy atom. The summed E-state index contributed by atoms with van der Waals surface area (Å²) < 4.78 is -0.0458. The molecule has 0 atom stereocenters. The van der Waals surface area contributed by atoms with Gasteiger partial charge in [0, 0.05) is 28.0 Å². The summed E-state index contributed by atoms with van der Waals surface area (Å²) >= 11 is 9.07. The first-order valence-electron chi connectivity index (χ1n) is 10.7. The summed E-state index contributed by atoms with van der Waals surface area (Å²) in [6, 6.07) is 18.0. The molecule has 1 heterocycles. The second kappa shape index (κ2) is 12.9. The first-order valence-corrected chi connectivity index (χ1v) is 13.1. The molecule has 174 valence electrons. The van der Waals surface area contributed by atoms with Crippen molar-refractivity contribution in [1.82, 2.24) is 4.98 Å². The van der Waals surface area contributed by atoms with E-state index in [1.165, 1.54) is 29.1 Å². The number of carbonyl (C=O) groups is 2. The molecule has 0 radical (unpaired) electrons. The molecule has 0 saturated heterocycles. The van der Waals surface area contributed by atoms with Crippen molar-refractivity contribution in [3.05, 3.63) is 76.4 Å². The van der Waals surface area contributed by atoms with Crippen molar-refractivity contribution in [3.8, 4) is 0 Å². The number of halogens is 1. The smallest absolute Gasteiger partial charge is 0.0751 e. The minimum absolute atomic E-state index is 0.0358. The fourth-order valence-electron chi connectivity index (χ4n) is 3.38. The third-order valence-electron chi connectivity index (χ3n) is 4.98. The molecular formula is C25H24ClNO4S2-2. The van der Waals surface area contributed by atoms with Crippen LogP contribution >= 0.6 is 35.1 Å². The minimum Gasteiger partial charge on any atom is -0.550 e. The van der Waals surface area contributed by atoms with E-state index in [0.29, 0.717) is 16.5 Å². The normalized spacial score (nSPS) is 11.2. The number of carboxylic acid groups (broad SMARTS) is 2.